The number of rotatable bonds is 4. The highest BCUT2D eigenvalue weighted by atomic mass is 15.2. The molecule has 0 saturated carbocycles. The first-order chi connectivity index (χ1) is 5.83. The lowest BCUT2D eigenvalue weighted by atomic mass is 10.2. The molecule has 0 aromatic heterocycles. The summed E-state index contributed by atoms with van der Waals surface area (Å²) in [4.78, 5) is 3.52. The summed E-state index contributed by atoms with van der Waals surface area (Å²) in [5, 5.41) is 0. The fraction of sp³-hybridized carbons (Fsp3) is 1.00. The molecular formula is C9H24N3+3. The van der Waals surface area contributed by atoms with Gasteiger partial charge in [-0.1, -0.05) is 0 Å². The van der Waals surface area contributed by atoms with E-state index in [0.29, 0.717) is 0 Å². The molecule has 0 amide bonds. The average molecular weight is 174 g/mol. The Morgan fingerprint density at radius 1 is 1.08 bits per heavy atom. The van der Waals surface area contributed by atoms with Gasteiger partial charge in [0.2, 0.25) is 0 Å². The molecule has 1 rings (SSSR count). The number of piperazine rings is 1. The second-order valence-electron chi connectivity index (χ2n) is 4.02. The molecule has 12 heavy (non-hydrogen) atoms. The maximum atomic E-state index is 3.87. The van der Waals surface area contributed by atoms with Crippen LogP contribution >= 0.6 is 0 Å². The van der Waals surface area contributed by atoms with Crippen LogP contribution in [0.2, 0.25) is 0 Å². The normalized spacial score (nSPS) is 30.5. The predicted molar refractivity (Wildman–Crippen MR) is 49.2 cm³/mol. The fourth-order valence-electron chi connectivity index (χ4n) is 1.83. The zero-order valence-corrected chi connectivity index (χ0v) is 8.36. The Morgan fingerprint density at radius 3 is 2.33 bits per heavy atom. The molecule has 0 atom stereocenters. The summed E-state index contributed by atoms with van der Waals surface area (Å²) >= 11 is 0. The maximum Gasteiger partial charge on any atom is 0.127 e. The van der Waals surface area contributed by atoms with E-state index < -0.39 is 0 Å². The average Bonchev–Trinajstić information content (AvgIpc) is 2.09. The van der Waals surface area contributed by atoms with Crippen LogP contribution in [0.15, 0.2) is 0 Å². The van der Waals surface area contributed by atoms with E-state index >= 15 is 0 Å². The SMILES string of the molecule is C[NH+]1CC[NH+](CCCC[NH3+])CC1. The lowest BCUT2D eigenvalue weighted by Crippen LogP contribution is -3.27. The van der Waals surface area contributed by atoms with E-state index in [2.05, 4.69) is 12.8 Å². The number of hydrogen-bond acceptors (Lipinski definition) is 0. The van der Waals surface area contributed by atoms with Gasteiger partial charge in [-0.05, 0) is 0 Å². The molecule has 1 fully saturated rings. The van der Waals surface area contributed by atoms with Gasteiger partial charge in [-0.25, -0.2) is 0 Å². The van der Waals surface area contributed by atoms with E-state index in [0.717, 1.165) is 6.54 Å². The number of hydrogen-bond donors (Lipinski definition) is 3. The molecule has 5 N–H and O–H groups in total. The molecule has 1 aliphatic rings. The minimum Gasteiger partial charge on any atom is -0.358 e. The number of quaternary nitrogens is 3. The quantitative estimate of drug-likeness (QED) is 0.369. The molecule has 0 bridgehead atoms. The van der Waals surface area contributed by atoms with Crippen LogP contribution in [0.4, 0.5) is 0 Å². The molecule has 0 aromatic carbocycles. The zero-order chi connectivity index (χ0) is 8.81. The lowest BCUT2D eigenvalue weighted by Gasteiger charge is -2.27. The third-order valence-corrected chi connectivity index (χ3v) is 2.84. The van der Waals surface area contributed by atoms with Gasteiger partial charge in [0.25, 0.3) is 0 Å². The van der Waals surface area contributed by atoms with E-state index in [9.17, 15) is 0 Å². The third-order valence-electron chi connectivity index (χ3n) is 2.84. The summed E-state index contributed by atoms with van der Waals surface area (Å²) in [6, 6.07) is 0. The smallest absolute Gasteiger partial charge is 0.127 e. The fourth-order valence-corrected chi connectivity index (χ4v) is 1.83. The highest BCUT2D eigenvalue weighted by Gasteiger charge is 2.18. The van der Waals surface area contributed by atoms with Crippen LogP contribution in [0.3, 0.4) is 0 Å². The largest absolute Gasteiger partial charge is 0.358 e. The van der Waals surface area contributed by atoms with Gasteiger partial charge in [0.05, 0.1) is 20.1 Å². The van der Waals surface area contributed by atoms with Crippen LogP contribution in [0.25, 0.3) is 0 Å². The number of unbranched alkanes of at least 4 members (excludes halogenated alkanes) is 1. The van der Waals surface area contributed by atoms with Crippen molar-refractivity contribution in [3.05, 3.63) is 0 Å². The number of likely N-dealkylation sites (N-methyl/N-ethyl adjacent to an activating group) is 1. The molecule has 1 saturated heterocycles. The van der Waals surface area contributed by atoms with Gasteiger partial charge >= 0.3 is 0 Å². The van der Waals surface area contributed by atoms with Crippen molar-refractivity contribution in [3.8, 4) is 0 Å². The Morgan fingerprint density at radius 2 is 1.75 bits per heavy atom. The summed E-state index contributed by atoms with van der Waals surface area (Å²) < 4.78 is 0. The van der Waals surface area contributed by atoms with Gasteiger partial charge in [-0.3, -0.25) is 0 Å². The molecule has 3 heteroatoms. The molecule has 1 aliphatic heterocycles. The van der Waals surface area contributed by atoms with E-state index in [1.54, 1.807) is 4.90 Å². The molecule has 0 aliphatic carbocycles. The van der Waals surface area contributed by atoms with Crippen LogP contribution in [-0.4, -0.2) is 46.3 Å². The van der Waals surface area contributed by atoms with Crippen LogP contribution in [0, 0.1) is 0 Å². The van der Waals surface area contributed by atoms with Crippen molar-refractivity contribution < 1.29 is 15.5 Å². The van der Waals surface area contributed by atoms with Gasteiger partial charge in [0, 0.05) is 12.8 Å². The Labute approximate surface area is 75.5 Å². The van der Waals surface area contributed by atoms with Crippen molar-refractivity contribution in [3.63, 3.8) is 0 Å². The third kappa shape index (κ3) is 3.52. The van der Waals surface area contributed by atoms with Gasteiger partial charge in [-0.15, -0.1) is 0 Å². The van der Waals surface area contributed by atoms with Crippen molar-refractivity contribution in [1.82, 2.24) is 0 Å². The van der Waals surface area contributed by atoms with Crippen LogP contribution in [-0.2, 0) is 0 Å². The lowest BCUT2D eigenvalue weighted by molar-refractivity contribution is -1.00. The monoisotopic (exact) mass is 174 g/mol. The van der Waals surface area contributed by atoms with E-state index in [-0.39, 0.29) is 0 Å². The summed E-state index contributed by atoms with van der Waals surface area (Å²) in [5.74, 6) is 0. The minimum absolute atomic E-state index is 1.11. The Kier molecular flexibility index (Phi) is 4.58. The Bertz CT molecular complexity index is 108. The summed E-state index contributed by atoms with van der Waals surface area (Å²) in [6.45, 7) is 7.96. The summed E-state index contributed by atoms with van der Waals surface area (Å²) in [7, 11) is 2.30. The van der Waals surface area contributed by atoms with Gasteiger partial charge in [0.15, 0.2) is 0 Å². The van der Waals surface area contributed by atoms with Crippen molar-refractivity contribution in [2.75, 3.05) is 46.3 Å². The van der Waals surface area contributed by atoms with E-state index in [4.69, 9.17) is 0 Å². The molecule has 0 radical (unpaired) electrons. The van der Waals surface area contributed by atoms with Gasteiger partial charge in [0.1, 0.15) is 26.2 Å². The number of nitrogens with one attached hydrogen (secondary N) is 2. The maximum absolute atomic E-state index is 3.87. The zero-order valence-electron chi connectivity index (χ0n) is 8.36. The van der Waals surface area contributed by atoms with E-state index in [1.807, 2.05) is 4.90 Å². The van der Waals surface area contributed by atoms with E-state index in [1.165, 1.54) is 45.6 Å². The highest BCUT2D eigenvalue weighted by Crippen LogP contribution is 1.78. The second kappa shape index (κ2) is 5.51. The molecule has 3 nitrogen and oxygen atoms in total. The first-order valence-electron chi connectivity index (χ1n) is 5.27. The molecule has 0 unspecified atom stereocenters. The highest BCUT2D eigenvalue weighted by molar-refractivity contribution is 4.39. The summed E-state index contributed by atoms with van der Waals surface area (Å²) in [6.07, 6.45) is 2.68. The van der Waals surface area contributed by atoms with Crippen molar-refractivity contribution in [2.24, 2.45) is 0 Å². The van der Waals surface area contributed by atoms with Crippen LogP contribution in [0.5, 0.6) is 0 Å². The van der Waals surface area contributed by atoms with Crippen molar-refractivity contribution >= 4 is 0 Å². The predicted octanol–water partition coefficient (Wildman–Crippen LogP) is -3.58. The molecule has 72 valence electrons. The Balaban J connectivity index is 2.01. The van der Waals surface area contributed by atoms with Gasteiger partial charge in [-0.2, -0.15) is 0 Å². The topological polar surface area (TPSA) is 36.5 Å². The molecule has 1 heterocycles. The first-order valence-corrected chi connectivity index (χ1v) is 5.27. The van der Waals surface area contributed by atoms with Crippen LogP contribution in [0.1, 0.15) is 12.8 Å². The molecule has 0 spiro atoms. The minimum atomic E-state index is 1.11. The van der Waals surface area contributed by atoms with Crippen molar-refractivity contribution in [2.45, 2.75) is 12.8 Å². The van der Waals surface area contributed by atoms with Crippen LogP contribution < -0.4 is 15.5 Å². The summed E-state index contributed by atoms with van der Waals surface area (Å²) in [5.41, 5.74) is 3.87. The standard InChI is InChI=1S/C9H21N3/c1-11-6-8-12(9-7-11)5-3-2-4-10/h2-10H2,1H3/p+3. The first kappa shape index (κ1) is 9.96. The van der Waals surface area contributed by atoms with Gasteiger partial charge < -0.3 is 15.5 Å². The second-order valence-corrected chi connectivity index (χ2v) is 4.02. The Hall–Kier alpha value is -0.120. The molecular weight excluding hydrogens is 150 g/mol. The van der Waals surface area contributed by atoms with Crippen molar-refractivity contribution in [1.29, 1.82) is 0 Å². The molecule has 0 aromatic rings.